The number of aromatic nitrogens is 1. The Kier molecular flexibility index (Phi) is 5.01. The van der Waals surface area contributed by atoms with Crippen LogP contribution in [0.3, 0.4) is 0 Å². The molecule has 1 atom stereocenters. The van der Waals surface area contributed by atoms with Gasteiger partial charge in [0.15, 0.2) is 0 Å². The molecular formula is C11H19N3O2. The largest absolute Gasteiger partial charge is 0.475 e. The summed E-state index contributed by atoms with van der Waals surface area (Å²) in [5, 5.41) is 12.7. The first kappa shape index (κ1) is 12.7. The Bertz CT molecular complexity index is 301. The van der Waals surface area contributed by atoms with Crippen LogP contribution in [-0.2, 0) is 0 Å². The van der Waals surface area contributed by atoms with Crippen molar-refractivity contribution in [1.29, 1.82) is 0 Å². The van der Waals surface area contributed by atoms with Gasteiger partial charge in [-0.1, -0.05) is 13.8 Å². The molecule has 1 heterocycles. The van der Waals surface area contributed by atoms with Gasteiger partial charge in [0.1, 0.15) is 12.7 Å². The van der Waals surface area contributed by atoms with Crippen LogP contribution in [0, 0.1) is 0 Å². The lowest BCUT2D eigenvalue weighted by molar-refractivity contribution is 0.102. The summed E-state index contributed by atoms with van der Waals surface area (Å²) >= 11 is 0. The minimum Gasteiger partial charge on any atom is -0.475 e. The molecule has 0 spiro atoms. The molecule has 0 aliphatic carbocycles. The van der Waals surface area contributed by atoms with Crippen LogP contribution < -0.4 is 15.8 Å². The predicted octanol–water partition coefficient (Wildman–Crippen LogP) is 0.401. The molecule has 0 aliphatic heterocycles. The van der Waals surface area contributed by atoms with Crippen LogP contribution in [-0.4, -0.2) is 35.4 Å². The first-order valence-corrected chi connectivity index (χ1v) is 5.33. The van der Waals surface area contributed by atoms with Gasteiger partial charge in [-0.05, 0) is 6.07 Å². The van der Waals surface area contributed by atoms with E-state index in [2.05, 4.69) is 10.3 Å². The van der Waals surface area contributed by atoms with Gasteiger partial charge >= 0.3 is 0 Å². The Balaban J connectivity index is 2.26. The minimum atomic E-state index is -0.540. The zero-order valence-electron chi connectivity index (χ0n) is 9.68. The fourth-order valence-electron chi connectivity index (χ4n) is 1.09. The first-order valence-electron chi connectivity index (χ1n) is 5.33. The van der Waals surface area contributed by atoms with Gasteiger partial charge in [-0.2, -0.15) is 0 Å². The van der Waals surface area contributed by atoms with Crippen molar-refractivity contribution in [1.82, 2.24) is 10.3 Å². The number of nitrogens with one attached hydrogen (secondary N) is 1. The lowest BCUT2D eigenvalue weighted by Crippen LogP contribution is -2.35. The van der Waals surface area contributed by atoms with Gasteiger partial charge in [0.05, 0.1) is 11.9 Å². The molecule has 1 rings (SSSR count). The van der Waals surface area contributed by atoms with Crippen LogP contribution >= 0.6 is 0 Å². The zero-order valence-corrected chi connectivity index (χ0v) is 9.68. The Labute approximate surface area is 95.6 Å². The molecule has 0 radical (unpaired) electrons. The summed E-state index contributed by atoms with van der Waals surface area (Å²) < 4.78 is 5.30. The average molecular weight is 225 g/mol. The summed E-state index contributed by atoms with van der Waals surface area (Å²) in [6.07, 6.45) is 0.982. The quantitative estimate of drug-likeness (QED) is 0.653. The van der Waals surface area contributed by atoms with E-state index in [0.29, 0.717) is 24.2 Å². The first-order chi connectivity index (χ1) is 7.58. The van der Waals surface area contributed by atoms with E-state index in [-0.39, 0.29) is 6.61 Å². The van der Waals surface area contributed by atoms with Crippen molar-refractivity contribution in [3.05, 3.63) is 18.3 Å². The molecule has 0 aliphatic rings. The lowest BCUT2D eigenvalue weighted by atomic mass is 10.3. The maximum absolute atomic E-state index is 9.57. The van der Waals surface area contributed by atoms with Gasteiger partial charge < -0.3 is 20.9 Å². The minimum absolute atomic E-state index is 0.219. The number of pyridine rings is 1. The monoisotopic (exact) mass is 225 g/mol. The summed E-state index contributed by atoms with van der Waals surface area (Å²) in [4.78, 5) is 3.97. The van der Waals surface area contributed by atoms with Gasteiger partial charge in [0.25, 0.3) is 0 Å². The van der Waals surface area contributed by atoms with E-state index in [1.807, 2.05) is 13.8 Å². The van der Waals surface area contributed by atoms with Gasteiger partial charge in [0, 0.05) is 18.7 Å². The number of aliphatic hydroxyl groups excluding tert-OH is 1. The fraction of sp³-hybridized carbons (Fsp3) is 0.545. The van der Waals surface area contributed by atoms with E-state index in [1.54, 1.807) is 12.1 Å². The Morgan fingerprint density at radius 2 is 2.25 bits per heavy atom. The highest BCUT2D eigenvalue weighted by molar-refractivity contribution is 5.35. The maximum atomic E-state index is 9.57. The highest BCUT2D eigenvalue weighted by Gasteiger charge is 2.06. The maximum Gasteiger partial charge on any atom is 0.213 e. The van der Waals surface area contributed by atoms with E-state index in [0.717, 1.165) is 0 Å². The van der Waals surface area contributed by atoms with Gasteiger partial charge in [-0.15, -0.1) is 0 Å². The Hall–Kier alpha value is -1.33. The predicted molar refractivity (Wildman–Crippen MR) is 63.3 cm³/mol. The summed E-state index contributed by atoms with van der Waals surface area (Å²) in [7, 11) is 0. The van der Waals surface area contributed by atoms with Gasteiger partial charge in [-0.3, -0.25) is 0 Å². The Morgan fingerprint density at radius 1 is 1.50 bits per heavy atom. The van der Waals surface area contributed by atoms with E-state index < -0.39 is 6.10 Å². The highest BCUT2D eigenvalue weighted by atomic mass is 16.5. The second-order valence-corrected chi connectivity index (χ2v) is 3.96. The third-order valence-corrected chi connectivity index (χ3v) is 1.94. The van der Waals surface area contributed by atoms with Crippen LogP contribution in [0.2, 0.25) is 0 Å². The number of nitrogens with zero attached hydrogens (tertiary/aromatic N) is 1. The smallest absolute Gasteiger partial charge is 0.213 e. The Morgan fingerprint density at radius 3 is 2.81 bits per heavy atom. The van der Waals surface area contributed by atoms with Crippen molar-refractivity contribution >= 4 is 5.69 Å². The number of anilines is 1. The SMILES string of the molecule is CC(C)NCC(O)COc1ccc(N)cn1. The number of ether oxygens (including phenoxy) is 1. The van der Waals surface area contributed by atoms with Crippen LogP contribution in [0.15, 0.2) is 18.3 Å². The fourth-order valence-corrected chi connectivity index (χ4v) is 1.09. The molecule has 0 amide bonds. The van der Waals surface area contributed by atoms with Crippen molar-refractivity contribution in [3.8, 4) is 5.88 Å². The summed E-state index contributed by atoms with van der Waals surface area (Å²) in [6.45, 7) is 4.77. The molecule has 1 aromatic rings. The van der Waals surface area contributed by atoms with Crippen LogP contribution in [0.1, 0.15) is 13.8 Å². The molecule has 5 heteroatoms. The second-order valence-electron chi connectivity index (χ2n) is 3.96. The van der Waals surface area contributed by atoms with E-state index in [1.165, 1.54) is 6.20 Å². The molecule has 0 fully saturated rings. The number of hydrogen-bond acceptors (Lipinski definition) is 5. The number of rotatable bonds is 6. The van der Waals surface area contributed by atoms with Crippen molar-refractivity contribution < 1.29 is 9.84 Å². The number of hydrogen-bond donors (Lipinski definition) is 3. The summed E-state index contributed by atoms with van der Waals surface area (Å²) in [5.41, 5.74) is 6.08. The average Bonchev–Trinajstić information content (AvgIpc) is 2.25. The standard InChI is InChI=1S/C11H19N3O2/c1-8(2)13-6-10(15)7-16-11-4-3-9(12)5-14-11/h3-5,8,10,13,15H,6-7,12H2,1-2H3. The normalized spacial score (nSPS) is 12.8. The van der Waals surface area contributed by atoms with Crippen molar-refractivity contribution in [2.75, 3.05) is 18.9 Å². The zero-order chi connectivity index (χ0) is 12.0. The lowest BCUT2D eigenvalue weighted by Gasteiger charge is -2.14. The molecule has 0 saturated carbocycles. The summed E-state index contributed by atoms with van der Waals surface area (Å²) in [5.74, 6) is 0.470. The molecule has 5 nitrogen and oxygen atoms in total. The molecule has 1 aromatic heterocycles. The molecule has 0 saturated heterocycles. The molecule has 90 valence electrons. The number of nitrogen functional groups attached to an aromatic ring is 1. The van der Waals surface area contributed by atoms with Crippen LogP contribution in [0.5, 0.6) is 5.88 Å². The molecule has 0 bridgehead atoms. The molecule has 1 unspecified atom stereocenters. The van der Waals surface area contributed by atoms with Gasteiger partial charge in [-0.25, -0.2) is 4.98 Å². The molecular weight excluding hydrogens is 206 g/mol. The summed E-state index contributed by atoms with van der Waals surface area (Å²) in [6, 6.07) is 3.74. The highest BCUT2D eigenvalue weighted by Crippen LogP contribution is 2.08. The number of nitrogens with two attached hydrogens (primary N) is 1. The van der Waals surface area contributed by atoms with Crippen LogP contribution in [0.25, 0.3) is 0 Å². The molecule has 16 heavy (non-hydrogen) atoms. The van der Waals surface area contributed by atoms with Crippen molar-refractivity contribution in [2.24, 2.45) is 0 Å². The molecule has 0 aromatic carbocycles. The van der Waals surface area contributed by atoms with E-state index in [9.17, 15) is 5.11 Å². The third-order valence-electron chi connectivity index (χ3n) is 1.94. The second kappa shape index (κ2) is 6.30. The topological polar surface area (TPSA) is 80.4 Å². The van der Waals surface area contributed by atoms with E-state index >= 15 is 0 Å². The number of aliphatic hydroxyl groups is 1. The third kappa shape index (κ3) is 4.95. The van der Waals surface area contributed by atoms with Crippen molar-refractivity contribution in [3.63, 3.8) is 0 Å². The van der Waals surface area contributed by atoms with Crippen LogP contribution in [0.4, 0.5) is 5.69 Å². The molecule has 4 N–H and O–H groups in total. The van der Waals surface area contributed by atoms with Crippen molar-refractivity contribution in [2.45, 2.75) is 26.0 Å². The van der Waals surface area contributed by atoms with E-state index in [4.69, 9.17) is 10.5 Å². The van der Waals surface area contributed by atoms with Gasteiger partial charge in [0.2, 0.25) is 5.88 Å².